The highest BCUT2D eigenvalue weighted by Gasteiger charge is 2.34. The summed E-state index contributed by atoms with van der Waals surface area (Å²) in [6.07, 6.45) is 1.71. The van der Waals surface area contributed by atoms with E-state index in [4.69, 9.17) is 17.0 Å². The van der Waals surface area contributed by atoms with Crippen LogP contribution in [-0.4, -0.2) is 20.1 Å². The Morgan fingerprint density at radius 2 is 1.69 bits per heavy atom. The number of benzene rings is 3. The lowest BCUT2D eigenvalue weighted by molar-refractivity contribution is -0.394. The molecule has 0 bridgehead atoms. The summed E-state index contributed by atoms with van der Waals surface area (Å²) in [5.41, 5.74) is 2.57. The molecule has 3 aromatic rings. The van der Waals surface area contributed by atoms with E-state index in [2.05, 4.69) is 0 Å². The lowest BCUT2D eigenvalue weighted by Gasteiger charge is -2.17. The Bertz CT molecular complexity index is 1420. The Balaban J connectivity index is 1.54. The fraction of sp³-hybridized carbons (Fsp3) is 0.0833. The van der Waals surface area contributed by atoms with Gasteiger partial charge in [-0.25, -0.2) is 0 Å². The third kappa shape index (κ3) is 5.05. The molecule has 176 valence electrons. The van der Waals surface area contributed by atoms with Gasteiger partial charge in [0.25, 0.3) is 11.6 Å². The summed E-state index contributed by atoms with van der Waals surface area (Å²) < 4.78 is 6.02. The molecule has 35 heavy (non-hydrogen) atoms. The first kappa shape index (κ1) is 24.0. The number of hydrogen-bond donors (Lipinski definition) is 0. The molecule has 0 spiro atoms. The molecule has 0 unspecified atom stereocenters. The van der Waals surface area contributed by atoms with Gasteiger partial charge in [0.05, 0.1) is 26.5 Å². The van der Waals surface area contributed by atoms with E-state index in [1.54, 1.807) is 30.3 Å². The number of carbonyl (C=O) groups excluding carboxylic acids is 1. The lowest BCUT2D eigenvalue weighted by atomic mass is 10.1. The van der Waals surface area contributed by atoms with E-state index in [0.717, 1.165) is 28.9 Å². The van der Waals surface area contributed by atoms with Gasteiger partial charge >= 0.3 is 5.69 Å². The number of anilines is 1. The maximum atomic E-state index is 13.1. The predicted octanol–water partition coefficient (Wildman–Crippen LogP) is 6.32. The minimum Gasteiger partial charge on any atom is -0.450 e. The predicted molar refractivity (Wildman–Crippen MR) is 138 cm³/mol. The Hall–Kier alpha value is -4.09. The molecule has 0 aliphatic carbocycles. The van der Waals surface area contributed by atoms with Gasteiger partial charge in [0, 0.05) is 6.07 Å². The van der Waals surface area contributed by atoms with Crippen molar-refractivity contribution in [2.45, 2.75) is 13.8 Å². The van der Waals surface area contributed by atoms with Crippen LogP contribution < -0.4 is 9.64 Å². The molecule has 9 nitrogen and oxygen atoms in total. The van der Waals surface area contributed by atoms with Crippen molar-refractivity contribution in [1.82, 2.24) is 0 Å². The largest absolute Gasteiger partial charge is 0.450 e. The highest BCUT2D eigenvalue weighted by atomic mass is 32.2. The van der Waals surface area contributed by atoms with Crippen molar-refractivity contribution in [2.24, 2.45) is 0 Å². The van der Waals surface area contributed by atoms with E-state index in [1.807, 2.05) is 32.0 Å². The Morgan fingerprint density at radius 3 is 2.31 bits per heavy atom. The fourth-order valence-electron chi connectivity index (χ4n) is 3.49. The van der Waals surface area contributed by atoms with Crippen molar-refractivity contribution in [3.8, 4) is 11.5 Å². The van der Waals surface area contributed by atoms with E-state index in [9.17, 15) is 25.0 Å². The zero-order valence-corrected chi connectivity index (χ0v) is 20.1. The first-order valence-electron chi connectivity index (χ1n) is 10.2. The second-order valence-electron chi connectivity index (χ2n) is 7.64. The van der Waals surface area contributed by atoms with Crippen LogP contribution in [0.4, 0.5) is 17.1 Å². The minimum atomic E-state index is -0.742. The lowest BCUT2D eigenvalue weighted by Crippen LogP contribution is -2.28. The third-order valence-electron chi connectivity index (χ3n) is 5.14. The highest BCUT2D eigenvalue weighted by Crippen LogP contribution is 2.38. The van der Waals surface area contributed by atoms with Crippen molar-refractivity contribution in [3.05, 3.63) is 102 Å². The van der Waals surface area contributed by atoms with Crippen LogP contribution in [0.3, 0.4) is 0 Å². The van der Waals surface area contributed by atoms with Crippen LogP contribution in [0.25, 0.3) is 6.08 Å². The number of nitrogens with zero attached hydrogens (tertiary/aromatic N) is 3. The third-order valence-corrected chi connectivity index (χ3v) is 6.44. The van der Waals surface area contributed by atoms with E-state index < -0.39 is 21.2 Å². The Morgan fingerprint density at radius 1 is 0.971 bits per heavy atom. The summed E-state index contributed by atoms with van der Waals surface area (Å²) in [5, 5.41) is 22.2. The summed E-state index contributed by atoms with van der Waals surface area (Å²) in [6, 6.07) is 15.5. The molecule has 0 saturated carbocycles. The van der Waals surface area contributed by atoms with Crippen molar-refractivity contribution >= 4 is 57.3 Å². The van der Waals surface area contributed by atoms with Crippen molar-refractivity contribution in [2.75, 3.05) is 4.90 Å². The number of non-ortho nitro benzene ring substituents is 1. The molecule has 1 amide bonds. The van der Waals surface area contributed by atoms with E-state index >= 15 is 0 Å². The van der Waals surface area contributed by atoms with Gasteiger partial charge in [-0.15, -0.1) is 0 Å². The molecule has 3 aromatic carbocycles. The molecule has 1 aliphatic rings. The van der Waals surface area contributed by atoms with Crippen LogP contribution in [0, 0.1) is 34.1 Å². The van der Waals surface area contributed by atoms with Crippen molar-refractivity contribution in [1.29, 1.82) is 0 Å². The summed E-state index contributed by atoms with van der Waals surface area (Å²) in [6.45, 7) is 3.91. The molecule has 0 N–H and O–H groups in total. The maximum absolute atomic E-state index is 13.1. The monoisotopic (exact) mass is 507 g/mol. The van der Waals surface area contributed by atoms with Gasteiger partial charge in [-0.3, -0.25) is 29.9 Å². The number of ether oxygens (including phenoxy) is 1. The van der Waals surface area contributed by atoms with Gasteiger partial charge in [0.15, 0.2) is 4.32 Å². The van der Waals surface area contributed by atoms with E-state index in [1.165, 1.54) is 22.7 Å². The molecular weight excluding hydrogens is 490 g/mol. The summed E-state index contributed by atoms with van der Waals surface area (Å²) >= 11 is 6.66. The minimum absolute atomic E-state index is 0.123. The summed E-state index contributed by atoms with van der Waals surface area (Å²) in [4.78, 5) is 35.8. The number of nitro groups is 2. The van der Waals surface area contributed by atoms with Crippen LogP contribution in [0.1, 0.15) is 16.7 Å². The molecule has 0 radical (unpaired) electrons. The molecule has 1 saturated heterocycles. The van der Waals surface area contributed by atoms with Gasteiger partial charge in [0.1, 0.15) is 5.75 Å². The van der Waals surface area contributed by atoms with Gasteiger partial charge < -0.3 is 4.74 Å². The zero-order valence-electron chi connectivity index (χ0n) is 18.5. The number of nitro benzene ring substituents is 2. The second-order valence-corrected chi connectivity index (χ2v) is 9.32. The molecule has 11 heteroatoms. The quantitative estimate of drug-likeness (QED) is 0.165. The topological polar surface area (TPSA) is 116 Å². The zero-order chi connectivity index (χ0) is 25.3. The number of aryl methyl sites for hydroxylation is 2. The molecule has 1 heterocycles. The molecule has 0 aromatic heterocycles. The Labute approximate surface area is 209 Å². The van der Waals surface area contributed by atoms with E-state index in [0.29, 0.717) is 20.5 Å². The van der Waals surface area contributed by atoms with Gasteiger partial charge in [0.2, 0.25) is 5.75 Å². The van der Waals surface area contributed by atoms with Gasteiger partial charge in [-0.05, 0) is 55.3 Å². The number of amides is 1. The number of rotatable bonds is 6. The number of thioether (sulfide) groups is 1. The van der Waals surface area contributed by atoms with Gasteiger partial charge in [-0.2, -0.15) is 0 Å². The number of thiocarbonyl (C=S) groups is 1. The normalized spacial score (nSPS) is 14.5. The number of carbonyl (C=O) groups is 1. The average Bonchev–Trinajstić information content (AvgIpc) is 3.08. The maximum Gasteiger partial charge on any atom is 0.318 e. The van der Waals surface area contributed by atoms with Crippen LogP contribution in [-0.2, 0) is 4.79 Å². The smallest absolute Gasteiger partial charge is 0.318 e. The first-order chi connectivity index (χ1) is 16.6. The summed E-state index contributed by atoms with van der Waals surface area (Å²) in [7, 11) is 0. The van der Waals surface area contributed by atoms with Crippen molar-refractivity contribution < 1.29 is 19.4 Å². The molecule has 4 rings (SSSR count). The van der Waals surface area contributed by atoms with Crippen molar-refractivity contribution in [3.63, 3.8) is 0 Å². The fourth-order valence-corrected chi connectivity index (χ4v) is 4.78. The van der Waals surface area contributed by atoms with Crippen LogP contribution in [0.2, 0.25) is 0 Å². The second kappa shape index (κ2) is 9.65. The molecule has 1 aliphatic heterocycles. The van der Waals surface area contributed by atoms with Crippen LogP contribution in [0.15, 0.2) is 65.6 Å². The highest BCUT2D eigenvalue weighted by molar-refractivity contribution is 8.27. The van der Waals surface area contributed by atoms with Crippen LogP contribution in [0.5, 0.6) is 11.5 Å². The molecular formula is C24H17N3O6S2. The van der Waals surface area contributed by atoms with Crippen LogP contribution >= 0.6 is 24.0 Å². The standard InChI is InChI=1S/C24H17N3O6S2/c1-14-3-9-19(15(2)11-14)25-23(28)22(35-24(25)34)12-16-4-7-18(8-5-16)33-21-10-6-17(26(29)30)13-20(21)27(31)32/h3-13H,1-2H3/b22-12-. The summed E-state index contributed by atoms with van der Waals surface area (Å²) in [5.74, 6) is -0.0431. The SMILES string of the molecule is Cc1ccc(N2C(=O)/C(=C/c3ccc(Oc4ccc([N+](=O)[O-])cc4[N+](=O)[O-])cc3)SC2=S)c(C)c1. The van der Waals surface area contributed by atoms with Gasteiger partial charge in [-0.1, -0.05) is 53.8 Å². The Kier molecular flexibility index (Phi) is 6.63. The molecule has 0 atom stereocenters. The van der Waals surface area contributed by atoms with E-state index in [-0.39, 0.29) is 11.7 Å². The number of hydrogen-bond acceptors (Lipinski definition) is 8. The molecule has 1 fully saturated rings. The first-order valence-corrected chi connectivity index (χ1v) is 11.4. The average molecular weight is 508 g/mol.